The molecule has 3 N–H and O–H groups in total. The first-order valence-corrected chi connectivity index (χ1v) is 6.29. The van der Waals surface area contributed by atoms with Crippen LogP contribution in [0.4, 0.5) is 0 Å². The second-order valence-corrected chi connectivity index (χ2v) is 5.31. The SMILES string of the molecule is CC1CCCC1C(NN)C1CCCC1. The van der Waals surface area contributed by atoms with Crippen molar-refractivity contribution >= 4 is 0 Å². The predicted octanol–water partition coefficient (Wildman–Crippen LogP) is 2.44. The van der Waals surface area contributed by atoms with Gasteiger partial charge in [0.25, 0.3) is 0 Å². The highest BCUT2D eigenvalue weighted by Gasteiger charge is 2.35. The van der Waals surface area contributed by atoms with E-state index in [1.165, 1.54) is 44.9 Å². The molecule has 2 aliphatic rings. The van der Waals surface area contributed by atoms with Crippen molar-refractivity contribution in [1.82, 2.24) is 5.43 Å². The van der Waals surface area contributed by atoms with E-state index < -0.39 is 0 Å². The Bertz CT molecular complexity index is 175. The van der Waals surface area contributed by atoms with Crippen LogP contribution < -0.4 is 11.3 Å². The minimum atomic E-state index is 0.606. The van der Waals surface area contributed by atoms with E-state index >= 15 is 0 Å². The van der Waals surface area contributed by atoms with E-state index in [0.717, 1.165) is 17.8 Å². The smallest absolute Gasteiger partial charge is 0.0269 e. The molecule has 82 valence electrons. The van der Waals surface area contributed by atoms with Gasteiger partial charge in [-0.15, -0.1) is 0 Å². The molecule has 0 heterocycles. The zero-order valence-electron chi connectivity index (χ0n) is 9.34. The zero-order valence-corrected chi connectivity index (χ0v) is 9.34. The van der Waals surface area contributed by atoms with E-state index in [9.17, 15) is 0 Å². The molecule has 0 aliphatic heterocycles. The van der Waals surface area contributed by atoms with Crippen LogP contribution in [0.1, 0.15) is 51.9 Å². The van der Waals surface area contributed by atoms with Gasteiger partial charge in [-0.1, -0.05) is 32.6 Å². The molecular formula is C12H24N2. The molecule has 2 nitrogen and oxygen atoms in total. The van der Waals surface area contributed by atoms with Gasteiger partial charge in [0.15, 0.2) is 0 Å². The molecule has 3 unspecified atom stereocenters. The molecule has 2 saturated carbocycles. The molecule has 2 fully saturated rings. The molecule has 3 atom stereocenters. The number of rotatable bonds is 3. The van der Waals surface area contributed by atoms with Crippen molar-refractivity contribution < 1.29 is 0 Å². The first-order chi connectivity index (χ1) is 6.83. The summed E-state index contributed by atoms with van der Waals surface area (Å²) < 4.78 is 0. The molecule has 0 spiro atoms. The Hall–Kier alpha value is -0.0800. The Morgan fingerprint density at radius 3 is 2.29 bits per heavy atom. The summed E-state index contributed by atoms with van der Waals surface area (Å²) in [5.74, 6) is 8.35. The highest BCUT2D eigenvalue weighted by molar-refractivity contribution is 4.89. The molecule has 2 heteroatoms. The minimum absolute atomic E-state index is 0.606. The average molecular weight is 196 g/mol. The maximum atomic E-state index is 5.74. The molecule has 0 aromatic carbocycles. The van der Waals surface area contributed by atoms with Crippen molar-refractivity contribution in [3.63, 3.8) is 0 Å². The molecule has 0 saturated heterocycles. The van der Waals surface area contributed by atoms with E-state index in [-0.39, 0.29) is 0 Å². The van der Waals surface area contributed by atoms with Crippen LogP contribution in [0.15, 0.2) is 0 Å². The van der Waals surface area contributed by atoms with Crippen molar-refractivity contribution in [3.05, 3.63) is 0 Å². The third kappa shape index (κ3) is 1.96. The van der Waals surface area contributed by atoms with Crippen LogP contribution in [0, 0.1) is 17.8 Å². The van der Waals surface area contributed by atoms with Crippen LogP contribution in [0.25, 0.3) is 0 Å². The number of hydrazine groups is 1. The fourth-order valence-corrected chi connectivity index (χ4v) is 3.63. The van der Waals surface area contributed by atoms with Gasteiger partial charge in [-0.25, -0.2) is 0 Å². The summed E-state index contributed by atoms with van der Waals surface area (Å²) in [6.07, 6.45) is 9.86. The van der Waals surface area contributed by atoms with Gasteiger partial charge in [-0.3, -0.25) is 11.3 Å². The normalized spacial score (nSPS) is 36.4. The Morgan fingerprint density at radius 2 is 1.79 bits per heavy atom. The van der Waals surface area contributed by atoms with Crippen LogP contribution in [-0.2, 0) is 0 Å². The third-order valence-corrected chi connectivity index (χ3v) is 4.49. The Morgan fingerprint density at radius 1 is 1.07 bits per heavy atom. The highest BCUT2D eigenvalue weighted by Crippen LogP contribution is 2.39. The minimum Gasteiger partial charge on any atom is -0.271 e. The van der Waals surface area contributed by atoms with Crippen molar-refractivity contribution in [2.75, 3.05) is 0 Å². The number of hydrogen-bond donors (Lipinski definition) is 2. The fourth-order valence-electron chi connectivity index (χ4n) is 3.63. The number of nitrogens with one attached hydrogen (secondary N) is 1. The van der Waals surface area contributed by atoms with Crippen LogP contribution in [0.3, 0.4) is 0 Å². The van der Waals surface area contributed by atoms with Crippen LogP contribution in [-0.4, -0.2) is 6.04 Å². The lowest BCUT2D eigenvalue weighted by molar-refractivity contribution is 0.224. The maximum Gasteiger partial charge on any atom is 0.0269 e. The Balaban J connectivity index is 1.96. The molecule has 0 aromatic rings. The largest absolute Gasteiger partial charge is 0.271 e. The Labute approximate surface area is 87.6 Å². The van der Waals surface area contributed by atoms with Gasteiger partial charge in [0.2, 0.25) is 0 Å². The van der Waals surface area contributed by atoms with Gasteiger partial charge >= 0.3 is 0 Å². The van der Waals surface area contributed by atoms with Gasteiger partial charge in [-0.05, 0) is 37.0 Å². The molecule has 14 heavy (non-hydrogen) atoms. The maximum absolute atomic E-state index is 5.74. The Kier molecular flexibility index (Phi) is 3.45. The van der Waals surface area contributed by atoms with E-state index in [0.29, 0.717) is 6.04 Å². The fraction of sp³-hybridized carbons (Fsp3) is 1.00. The molecule has 2 rings (SSSR count). The van der Waals surface area contributed by atoms with E-state index in [2.05, 4.69) is 12.3 Å². The monoisotopic (exact) mass is 196 g/mol. The van der Waals surface area contributed by atoms with Crippen molar-refractivity contribution in [2.24, 2.45) is 23.6 Å². The van der Waals surface area contributed by atoms with Crippen LogP contribution in [0.2, 0.25) is 0 Å². The summed E-state index contributed by atoms with van der Waals surface area (Å²) in [5.41, 5.74) is 3.12. The summed E-state index contributed by atoms with van der Waals surface area (Å²) in [4.78, 5) is 0. The second-order valence-electron chi connectivity index (χ2n) is 5.31. The quantitative estimate of drug-likeness (QED) is 0.537. The molecule has 0 aromatic heterocycles. The van der Waals surface area contributed by atoms with Crippen molar-refractivity contribution in [2.45, 2.75) is 57.9 Å². The highest BCUT2D eigenvalue weighted by atomic mass is 15.2. The van der Waals surface area contributed by atoms with Gasteiger partial charge in [0.1, 0.15) is 0 Å². The third-order valence-electron chi connectivity index (χ3n) is 4.49. The first kappa shape index (κ1) is 10.4. The summed E-state index contributed by atoms with van der Waals surface area (Å²) >= 11 is 0. The summed E-state index contributed by atoms with van der Waals surface area (Å²) in [6, 6.07) is 0.606. The van der Waals surface area contributed by atoms with E-state index in [1.807, 2.05) is 0 Å². The van der Waals surface area contributed by atoms with E-state index in [4.69, 9.17) is 5.84 Å². The summed E-state index contributed by atoms with van der Waals surface area (Å²) in [6.45, 7) is 2.40. The molecular weight excluding hydrogens is 172 g/mol. The lowest BCUT2D eigenvalue weighted by Gasteiger charge is -2.31. The van der Waals surface area contributed by atoms with Crippen molar-refractivity contribution in [1.29, 1.82) is 0 Å². The lowest BCUT2D eigenvalue weighted by atomic mass is 9.82. The molecule has 2 aliphatic carbocycles. The van der Waals surface area contributed by atoms with Gasteiger partial charge in [-0.2, -0.15) is 0 Å². The van der Waals surface area contributed by atoms with Gasteiger partial charge in [0, 0.05) is 6.04 Å². The average Bonchev–Trinajstić information content (AvgIpc) is 2.80. The molecule has 0 amide bonds. The second kappa shape index (κ2) is 4.63. The number of hydrogen-bond acceptors (Lipinski definition) is 2. The lowest BCUT2D eigenvalue weighted by Crippen LogP contribution is -2.46. The summed E-state index contributed by atoms with van der Waals surface area (Å²) in [7, 11) is 0. The molecule has 0 radical (unpaired) electrons. The van der Waals surface area contributed by atoms with Crippen molar-refractivity contribution in [3.8, 4) is 0 Å². The number of nitrogens with two attached hydrogens (primary N) is 1. The zero-order chi connectivity index (χ0) is 9.97. The van der Waals surface area contributed by atoms with Gasteiger partial charge < -0.3 is 0 Å². The summed E-state index contributed by atoms with van der Waals surface area (Å²) in [5, 5.41) is 0. The van der Waals surface area contributed by atoms with Crippen LogP contribution in [0.5, 0.6) is 0 Å². The topological polar surface area (TPSA) is 38.0 Å². The first-order valence-electron chi connectivity index (χ1n) is 6.29. The predicted molar refractivity (Wildman–Crippen MR) is 59.6 cm³/mol. The van der Waals surface area contributed by atoms with Crippen LogP contribution >= 0.6 is 0 Å². The molecule has 0 bridgehead atoms. The van der Waals surface area contributed by atoms with Gasteiger partial charge in [0.05, 0.1) is 0 Å². The standard InChI is InChI=1S/C12H24N2/c1-9-5-4-8-11(9)12(14-13)10-6-2-3-7-10/h9-12,14H,2-8,13H2,1H3. The van der Waals surface area contributed by atoms with E-state index in [1.54, 1.807) is 0 Å².